The molecule has 0 saturated carbocycles. The van der Waals surface area contributed by atoms with Gasteiger partial charge in [-0.05, 0) is 49.3 Å². The third-order valence-electron chi connectivity index (χ3n) is 4.06. The summed E-state index contributed by atoms with van der Waals surface area (Å²) in [5.41, 5.74) is 2.54. The van der Waals surface area contributed by atoms with Gasteiger partial charge in [0.15, 0.2) is 0 Å². The second-order valence-electron chi connectivity index (χ2n) is 5.56. The highest BCUT2D eigenvalue weighted by atomic mass is 19.4. The van der Waals surface area contributed by atoms with Crippen LogP contribution in [-0.2, 0) is 6.42 Å². The summed E-state index contributed by atoms with van der Waals surface area (Å²) in [5, 5.41) is 3.32. The lowest BCUT2D eigenvalue weighted by atomic mass is 9.90. The van der Waals surface area contributed by atoms with Crippen LogP contribution in [0.5, 0.6) is 0 Å². The second-order valence-corrected chi connectivity index (χ2v) is 5.56. The Kier molecular flexibility index (Phi) is 5.08. The highest BCUT2D eigenvalue weighted by Crippen LogP contribution is 2.37. The first kappa shape index (κ1) is 15.4. The molecule has 112 valence electrons. The maximum Gasteiger partial charge on any atom is 0.389 e. The fourth-order valence-corrected chi connectivity index (χ4v) is 3.10. The minimum Gasteiger partial charge on any atom is -0.313 e. The van der Waals surface area contributed by atoms with Gasteiger partial charge in [0.25, 0.3) is 0 Å². The molecule has 0 radical (unpaired) electrons. The zero-order valence-electron chi connectivity index (χ0n) is 11.8. The molecule has 0 spiro atoms. The van der Waals surface area contributed by atoms with Crippen LogP contribution in [0.3, 0.4) is 0 Å². The number of aryl methyl sites for hydroxylation is 1. The van der Waals surface area contributed by atoms with Crippen molar-refractivity contribution in [2.24, 2.45) is 0 Å². The quantitative estimate of drug-likeness (QED) is 0.815. The number of nitrogens with one attached hydrogen (secondary N) is 1. The standard InChI is InChI=1S/C16H22F3N/c1-2-11-20-15(9-10-16(17,18)19)14-8-7-12-5-3-4-6-13(12)14/h3-6,14-15,20H,2,7-11H2,1H3. The van der Waals surface area contributed by atoms with Gasteiger partial charge in [-0.3, -0.25) is 0 Å². The number of alkyl halides is 3. The molecule has 1 aliphatic carbocycles. The van der Waals surface area contributed by atoms with Gasteiger partial charge in [0.05, 0.1) is 0 Å². The van der Waals surface area contributed by atoms with Gasteiger partial charge >= 0.3 is 6.18 Å². The molecule has 0 bridgehead atoms. The number of hydrogen-bond acceptors (Lipinski definition) is 1. The van der Waals surface area contributed by atoms with E-state index in [2.05, 4.69) is 17.4 Å². The number of benzene rings is 1. The minimum absolute atomic E-state index is 0.0692. The Hall–Kier alpha value is -1.03. The summed E-state index contributed by atoms with van der Waals surface area (Å²) in [5.74, 6) is 0.222. The van der Waals surface area contributed by atoms with Crippen LogP contribution in [0.4, 0.5) is 13.2 Å². The molecule has 1 aliphatic rings. The number of rotatable bonds is 6. The summed E-state index contributed by atoms with van der Waals surface area (Å²) in [6, 6.07) is 8.08. The van der Waals surface area contributed by atoms with Crippen LogP contribution in [0.25, 0.3) is 0 Å². The van der Waals surface area contributed by atoms with E-state index in [1.165, 1.54) is 11.1 Å². The molecule has 0 amide bonds. The molecule has 1 aromatic carbocycles. The van der Waals surface area contributed by atoms with E-state index in [9.17, 15) is 13.2 Å². The van der Waals surface area contributed by atoms with Crippen LogP contribution in [0.2, 0.25) is 0 Å². The topological polar surface area (TPSA) is 12.0 Å². The molecule has 0 heterocycles. The molecular formula is C16H22F3N. The first-order valence-corrected chi connectivity index (χ1v) is 7.39. The summed E-state index contributed by atoms with van der Waals surface area (Å²) < 4.78 is 37.5. The highest BCUT2D eigenvalue weighted by molar-refractivity contribution is 5.36. The molecule has 2 unspecified atom stereocenters. The van der Waals surface area contributed by atoms with E-state index in [1.807, 2.05) is 19.1 Å². The maximum absolute atomic E-state index is 12.5. The van der Waals surface area contributed by atoms with Gasteiger partial charge in [0.1, 0.15) is 0 Å². The molecule has 1 nitrogen and oxygen atoms in total. The summed E-state index contributed by atoms with van der Waals surface area (Å²) in [6.45, 7) is 2.82. The Bertz CT molecular complexity index is 428. The highest BCUT2D eigenvalue weighted by Gasteiger charge is 2.33. The van der Waals surface area contributed by atoms with Crippen molar-refractivity contribution in [2.45, 2.75) is 57.2 Å². The Labute approximate surface area is 118 Å². The van der Waals surface area contributed by atoms with Crippen molar-refractivity contribution in [3.63, 3.8) is 0 Å². The van der Waals surface area contributed by atoms with Crippen molar-refractivity contribution in [2.75, 3.05) is 6.54 Å². The first-order chi connectivity index (χ1) is 9.51. The van der Waals surface area contributed by atoms with Crippen LogP contribution in [-0.4, -0.2) is 18.8 Å². The van der Waals surface area contributed by atoms with Gasteiger partial charge in [0.2, 0.25) is 0 Å². The zero-order valence-corrected chi connectivity index (χ0v) is 11.8. The largest absolute Gasteiger partial charge is 0.389 e. The lowest BCUT2D eigenvalue weighted by Gasteiger charge is -2.26. The summed E-state index contributed by atoms with van der Waals surface area (Å²) in [7, 11) is 0. The lowest BCUT2D eigenvalue weighted by molar-refractivity contribution is -0.136. The van der Waals surface area contributed by atoms with E-state index >= 15 is 0 Å². The molecule has 20 heavy (non-hydrogen) atoms. The normalized spacial score (nSPS) is 19.9. The molecular weight excluding hydrogens is 263 g/mol. The zero-order chi connectivity index (χ0) is 14.6. The van der Waals surface area contributed by atoms with Crippen LogP contribution in [0.1, 0.15) is 49.7 Å². The van der Waals surface area contributed by atoms with E-state index in [0.29, 0.717) is 0 Å². The van der Waals surface area contributed by atoms with Gasteiger partial charge < -0.3 is 5.32 Å². The maximum atomic E-state index is 12.5. The van der Waals surface area contributed by atoms with Crippen molar-refractivity contribution >= 4 is 0 Å². The Morgan fingerprint density at radius 1 is 1.30 bits per heavy atom. The second kappa shape index (κ2) is 6.61. The molecule has 1 N–H and O–H groups in total. The number of halogens is 3. The first-order valence-electron chi connectivity index (χ1n) is 7.39. The van der Waals surface area contributed by atoms with Crippen molar-refractivity contribution in [3.05, 3.63) is 35.4 Å². The monoisotopic (exact) mass is 285 g/mol. The number of hydrogen-bond donors (Lipinski definition) is 1. The van der Waals surface area contributed by atoms with E-state index in [-0.39, 0.29) is 18.4 Å². The fraction of sp³-hybridized carbons (Fsp3) is 0.625. The van der Waals surface area contributed by atoms with Gasteiger partial charge in [-0.15, -0.1) is 0 Å². The average molecular weight is 285 g/mol. The lowest BCUT2D eigenvalue weighted by Crippen LogP contribution is -2.35. The molecule has 2 atom stereocenters. The van der Waals surface area contributed by atoms with Crippen LogP contribution >= 0.6 is 0 Å². The average Bonchev–Trinajstić information content (AvgIpc) is 2.82. The van der Waals surface area contributed by atoms with Gasteiger partial charge in [-0.2, -0.15) is 13.2 Å². The van der Waals surface area contributed by atoms with Crippen molar-refractivity contribution in [1.82, 2.24) is 5.32 Å². The SMILES string of the molecule is CCCNC(CCC(F)(F)F)C1CCc2ccccc21. The molecule has 2 rings (SSSR count). The van der Waals surface area contributed by atoms with Gasteiger partial charge in [-0.25, -0.2) is 0 Å². The summed E-state index contributed by atoms with van der Waals surface area (Å²) >= 11 is 0. The molecule has 0 aliphatic heterocycles. The molecule has 0 saturated heterocycles. The Morgan fingerprint density at radius 3 is 2.75 bits per heavy atom. The Balaban J connectivity index is 2.07. The van der Waals surface area contributed by atoms with Gasteiger partial charge in [0, 0.05) is 12.5 Å². The van der Waals surface area contributed by atoms with E-state index in [1.54, 1.807) is 0 Å². The van der Waals surface area contributed by atoms with Crippen LogP contribution in [0.15, 0.2) is 24.3 Å². The summed E-state index contributed by atoms with van der Waals surface area (Å²) in [6.07, 6.45) is -1.72. The van der Waals surface area contributed by atoms with Crippen LogP contribution < -0.4 is 5.32 Å². The predicted molar refractivity (Wildman–Crippen MR) is 74.9 cm³/mol. The van der Waals surface area contributed by atoms with E-state index in [0.717, 1.165) is 25.8 Å². The van der Waals surface area contributed by atoms with E-state index in [4.69, 9.17) is 0 Å². The molecule has 4 heteroatoms. The Morgan fingerprint density at radius 2 is 2.05 bits per heavy atom. The molecule has 0 fully saturated rings. The van der Waals surface area contributed by atoms with Crippen molar-refractivity contribution in [3.8, 4) is 0 Å². The van der Waals surface area contributed by atoms with Crippen molar-refractivity contribution < 1.29 is 13.2 Å². The summed E-state index contributed by atoms with van der Waals surface area (Å²) in [4.78, 5) is 0. The number of fused-ring (bicyclic) bond motifs is 1. The molecule has 0 aromatic heterocycles. The minimum atomic E-state index is -4.07. The van der Waals surface area contributed by atoms with Gasteiger partial charge in [-0.1, -0.05) is 31.2 Å². The fourth-order valence-electron chi connectivity index (χ4n) is 3.10. The third-order valence-corrected chi connectivity index (χ3v) is 4.06. The molecule has 1 aromatic rings. The van der Waals surface area contributed by atoms with Crippen molar-refractivity contribution in [1.29, 1.82) is 0 Å². The van der Waals surface area contributed by atoms with Crippen LogP contribution in [0, 0.1) is 0 Å². The third kappa shape index (κ3) is 3.98. The predicted octanol–water partition coefficient (Wildman–Crippen LogP) is 4.43. The smallest absolute Gasteiger partial charge is 0.313 e. The van der Waals surface area contributed by atoms with E-state index < -0.39 is 12.6 Å².